The number of hydrogen-bond donors (Lipinski definition) is 4. The molecule has 1 atom stereocenters. The van der Waals surface area contributed by atoms with Gasteiger partial charge in [0.25, 0.3) is 5.91 Å². The number of alkyl halides is 2. The maximum Gasteiger partial charge on any atom is 0.411 e. The van der Waals surface area contributed by atoms with Crippen LogP contribution < -0.4 is 16.4 Å². The Morgan fingerprint density at radius 2 is 2.18 bits per heavy atom. The predicted molar refractivity (Wildman–Crippen MR) is 99.0 cm³/mol. The van der Waals surface area contributed by atoms with Crippen LogP contribution in [0.3, 0.4) is 0 Å². The molecule has 5 N–H and O–H groups in total. The van der Waals surface area contributed by atoms with Crippen molar-refractivity contribution in [2.75, 3.05) is 17.7 Å². The van der Waals surface area contributed by atoms with Crippen molar-refractivity contribution in [3.63, 3.8) is 0 Å². The average molecular weight is 393 g/mol. The number of rotatable bonds is 1. The molecule has 8 nitrogen and oxygen atoms in total. The van der Waals surface area contributed by atoms with Crippen LogP contribution in [-0.2, 0) is 9.53 Å². The van der Waals surface area contributed by atoms with E-state index in [9.17, 15) is 18.4 Å². The molecule has 1 aliphatic rings. The monoisotopic (exact) mass is 393 g/mol. The van der Waals surface area contributed by atoms with Gasteiger partial charge in [0.15, 0.2) is 0 Å². The van der Waals surface area contributed by atoms with Crippen LogP contribution in [0.25, 0.3) is 11.3 Å². The van der Waals surface area contributed by atoms with E-state index < -0.39 is 30.4 Å². The van der Waals surface area contributed by atoms with Gasteiger partial charge < -0.3 is 20.8 Å². The quantitative estimate of drug-likeness (QED) is 0.591. The molecule has 0 radical (unpaired) electrons. The first-order valence-corrected chi connectivity index (χ1v) is 8.79. The summed E-state index contributed by atoms with van der Waals surface area (Å²) in [7, 11) is 1.20. The Labute approximate surface area is 159 Å². The number of nitrogens with zero attached hydrogens (tertiary/aromatic N) is 1. The maximum atomic E-state index is 14.2. The molecule has 0 fully saturated rings. The van der Waals surface area contributed by atoms with Gasteiger partial charge in [-0.05, 0) is 31.0 Å². The molecule has 0 unspecified atom stereocenters. The Morgan fingerprint density at radius 3 is 2.93 bits per heavy atom. The van der Waals surface area contributed by atoms with Crippen LogP contribution in [0.15, 0.2) is 24.4 Å². The number of fused-ring (bicyclic) bond motifs is 4. The van der Waals surface area contributed by atoms with Gasteiger partial charge in [-0.25, -0.2) is 9.78 Å². The number of nitrogens with one attached hydrogen (secondary N) is 3. The summed E-state index contributed by atoms with van der Waals surface area (Å²) >= 11 is 0. The SMILES string of the molecule is COC(=O)Nc1ccc2c(c1)NC(=O)C(F)(F)CCCC[C@H](N)c1ncc-2[nH]1. The second-order valence-electron chi connectivity index (χ2n) is 6.57. The van der Waals surface area contributed by atoms with Crippen molar-refractivity contribution >= 4 is 23.4 Å². The normalized spacial score (nSPS) is 19.3. The number of aromatic amines is 1. The Bertz CT molecular complexity index is 884. The number of aromatic nitrogens is 2. The molecule has 1 aromatic heterocycles. The van der Waals surface area contributed by atoms with Crippen molar-refractivity contribution in [3.05, 3.63) is 30.2 Å². The van der Waals surface area contributed by atoms with E-state index in [0.717, 1.165) is 0 Å². The lowest BCUT2D eigenvalue weighted by Gasteiger charge is -2.18. The topological polar surface area (TPSA) is 122 Å². The molecule has 2 heterocycles. The lowest BCUT2D eigenvalue weighted by molar-refractivity contribution is -0.140. The smallest absolute Gasteiger partial charge is 0.411 e. The van der Waals surface area contributed by atoms with Crippen LogP contribution in [0.4, 0.5) is 25.0 Å². The molecule has 0 spiro atoms. The largest absolute Gasteiger partial charge is 0.453 e. The third-order valence-corrected chi connectivity index (χ3v) is 4.52. The zero-order valence-electron chi connectivity index (χ0n) is 15.2. The summed E-state index contributed by atoms with van der Waals surface area (Å²) in [5, 5.41) is 4.71. The van der Waals surface area contributed by atoms with Gasteiger partial charge in [0.05, 0.1) is 30.7 Å². The standard InChI is InChI=1S/C18H21F2N5O3/c1-28-17(27)23-10-5-6-11-13(8-10)25-16(26)18(19,20)7-3-2-4-12(21)15-22-9-14(11)24-15/h5-6,8-9,12H,2-4,7,21H2,1H3,(H,22,24)(H,23,27)(H,25,26)/t12-/m0/s1. The highest BCUT2D eigenvalue weighted by Crippen LogP contribution is 2.33. The summed E-state index contributed by atoms with van der Waals surface area (Å²) in [5.74, 6) is -4.40. The molecule has 0 aliphatic carbocycles. The first kappa shape index (κ1) is 19.7. The fourth-order valence-electron chi connectivity index (χ4n) is 2.97. The summed E-state index contributed by atoms with van der Waals surface area (Å²) in [6.07, 6.45) is 1.29. The lowest BCUT2D eigenvalue weighted by atomic mass is 10.0. The minimum atomic E-state index is -3.53. The Kier molecular flexibility index (Phi) is 5.59. The lowest BCUT2D eigenvalue weighted by Crippen LogP contribution is -2.34. The van der Waals surface area contributed by atoms with Crippen LogP contribution in [0.1, 0.15) is 37.5 Å². The zero-order chi connectivity index (χ0) is 20.3. The summed E-state index contributed by atoms with van der Waals surface area (Å²) in [6, 6.07) is 4.08. The molecule has 28 heavy (non-hydrogen) atoms. The summed E-state index contributed by atoms with van der Waals surface area (Å²) < 4.78 is 33.0. The molecule has 2 aromatic rings. The van der Waals surface area contributed by atoms with Gasteiger partial charge in [0.2, 0.25) is 0 Å². The number of benzene rings is 1. The average Bonchev–Trinajstić information content (AvgIpc) is 3.14. The number of amides is 2. The van der Waals surface area contributed by atoms with Gasteiger partial charge >= 0.3 is 12.0 Å². The fourth-order valence-corrected chi connectivity index (χ4v) is 2.97. The van der Waals surface area contributed by atoms with E-state index in [-0.39, 0.29) is 17.8 Å². The van der Waals surface area contributed by atoms with Gasteiger partial charge in [-0.15, -0.1) is 0 Å². The highest BCUT2D eigenvalue weighted by Gasteiger charge is 2.38. The van der Waals surface area contributed by atoms with E-state index in [4.69, 9.17) is 5.73 Å². The Hall–Kier alpha value is -3.01. The van der Waals surface area contributed by atoms with Crippen molar-refractivity contribution < 1.29 is 23.1 Å². The molecule has 1 aromatic carbocycles. The van der Waals surface area contributed by atoms with Gasteiger partial charge in [0.1, 0.15) is 5.82 Å². The van der Waals surface area contributed by atoms with E-state index >= 15 is 0 Å². The molecule has 2 amide bonds. The van der Waals surface area contributed by atoms with Crippen molar-refractivity contribution in [3.8, 4) is 11.3 Å². The van der Waals surface area contributed by atoms with Crippen molar-refractivity contribution in [1.82, 2.24) is 9.97 Å². The van der Waals surface area contributed by atoms with Crippen molar-refractivity contribution in [2.45, 2.75) is 37.6 Å². The van der Waals surface area contributed by atoms with Crippen molar-refractivity contribution in [1.29, 1.82) is 0 Å². The van der Waals surface area contributed by atoms with Gasteiger partial charge in [-0.3, -0.25) is 10.1 Å². The molecule has 2 bridgehead atoms. The zero-order valence-corrected chi connectivity index (χ0v) is 15.2. The molecule has 0 saturated heterocycles. The van der Waals surface area contributed by atoms with Crippen LogP contribution >= 0.6 is 0 Å². The Morgan fingerprint density at radius 1 is 1.39 bits per heavy atom. The number of nitrogens with two attached hydrogens (primary N) is 1. The molecule has 1 aliphatic heterocycles. The molecule has 150 valence electrons. The van der Waals surface area contributed by atoms with E-state index in [1.54, 1.807) is 12.1 Å². The van der Waals surface area contributed by atoms with E-state index in [1.165, 1.54) is 19.4 Å². The van der Waals surface area contributed by atoms with Crippen LogP contribution in [0.2, 0.25) is 0 Å². The van der Waals surface area contributed by atoms with Crippen molar-refractivity contribution in [2.24, 2.45) is 5.73 Å². The third-order valence-electron chi connectivity index (χ3n) is 4.52. The molecule has 10 heteroatoms. The second-order valence-corrected chi connectivity index (χ2v) is 6.57. The number of carbonyl (C=O) groups is 2. The van der Waals surface area contributed by atoms with Crippen LogP contribution in [-0.4, -0.2) is 35.0 Å². The third kappa shape index (κ3) is 4.28. The van der Waals surface area contributed by atoms with E-state index in [2.05, 4.69) is 25.3 Å². The number of hydrogen-bond acceptors (Lipinski definition) is 5. The molecule has 3 rings (SSSR count). The first-order chi connectivity index (χ1) is 13.3. The van der Waals surface area contributed by atoms with E-state index in [1.807, 2.05) is 0 Å². The number of H-pyrrole nitrogens is 1. The minimum absolute atomic E-state index is 0.0987. The number of methoxy groups -OCH3 is 1. The summed E-state index contributed by atoms with van der Waals surface area (Å²) in [5.41, 5.74) is 7.40. The minimum Gasteiger partial charge on any atom is -0.453 e. The van der Waals surface area contributed by atoms with E-state index in [0.29, 0.717) is 29.9 Å². The fraction of sp³-hybridized carbons (Fsp3) is 0.389. The molecular weight excluding hydrogens is 372 g/mol. The van der Waals surface area contributed by atoms with Crippen LogP contribution in [0.5, 0.6) is 0 Å². The summed E-state index contributed by atoms with van der Waals surface area (Å²) in [6.45, 7) is 0. The molecule has 0 saturated carbocycles. The Balaban J connectivity index is 2.04. The second kappa shape index (κ2) is 7.93. The van der Waals surface area contributed by atoms with Gasteiger partial charge in [-0.1, -0.05) is 6.42 Å². The van der Waals surface area contributed by atoms with Crippen LogP contribution in [0, 0.1) is 0 Å². The molecular formula is C18H21F2N5O3. The number of carbonyl (C=O) groups excluding carboxylic acids is 2. The highest BCUT2D eigenvalue weighted by atomic mass is 19.3. The van der Waals surface area contributed by atoms with Gasteiger partial charge in [0, 0.05) is 17.7 Å². The maximum absolute atomic E-state index is 14.2. The first-order valence-electron chi connectivity index (χ1n) is 8.79. The highest BCUT2D eigenvalue weighted by molar-refractivity contribution is 6.00. The van der Waals surface area contributed by atoms with Gasteiger partial charge in [-0.2, -0.15) is 8.78 Å². The number of anilines is 2. The predicted octanol–water partition coefficient (Wildman–Crippen LogP) is 3.40. The number of ether oxygens (including phenoxy) is 1. The summed E-state index contributed by atoms with van der Waals surface area (Å²) in [4.78, 5) is 31.0. The number of imidazole rings is 1. The number of halogens is 2.